The van der Waals surface area contributed by atoms with Crippen LogP contribution in [-0.2, 0) is 6.54 Å². The second-order valence-corrected chi connectivity index (χ2v) is 6.34. The molecule has 0 saturated heterocycles. The maximum Gasteiger partial charge on any atom is 0.230 e. The zero-order chi connectivity index (χ0) is 17.8. The summed E-state index contributed by atoms with van der Waals surface area (Å²) in [6.45, 7) is 4.51. The number of rotatable bonds is 6. The van der Waals surface area contributed by atoms with Crippen molar-refractivity contribution >= 4 is 0 Å². The number of hydrogen-bond donors (Lipinski definition) is 0. The van der Waals surface area contributed by atoms with E-state index in [0.29, 0.717) is 18.3 Å². The molecular formula is C19H21FN4O. The van der Waals surface area contributed by atoms with E-state index in [9.17, 15) is 4.39 Å². The minimum absolute atomic E-state index is 0.0938. The van der Waals surface area contributed by atoms with E-state index in [4.69, 9.17) is 4.42 Å². The molecule has 3 aromatic rings. The Hall–Kier alpha value is -2.60. The third kappa shape index (κ3) is 4.09. The Morgan fingerprint density at radius 2 is 1.84 bits per heavy atom. The summed E-state index contributed by atoms with van der Waals surface area (Å²) in [4.78, 5) is 6.30. The van der Waals surface area contributed by atoms with Gasteiger partial charge in [-0.15, -0.1) is 10.2 Å². The van der Waals surface area contributed by atoms with Crippen molar-refractivity contribution in [2.24, 2.45) is 0 Å². The molecule has 2 aromatic heterocycles. The highest BCUT2D eigenvalue weighted by Gasteiger charge is 2.22. The lowest BCUT2D eigenvalue weighted by Crippen LogP contribution is -2.25. The highest BCUT2D eigenvalue weighted by atomic mass is 19.1. The fourth-order valence-electron chi connectivity index (χ4n) is 2.75. The molecule has 1 aromatic carbocycles. The molecule has 0 saturated carbocycles. The van der Waals surface area contributed by atoms with Crippen molar-refractivity contribution in [1.82, 2.24) is 20.1 Å². The van der Waals surface area contributed by atoms with E-state index < -0.39 is 0 Å². The van der Waals surface area contributed by atoms with Gasteiger partial charge in [-0.3, -0.25) is 9.88 Å². The van der Waals surface area contributed by atoms with Crippen LogP contribution in [0.1, 0.15) is 48.7 Å². The third-order valence-electron chi connectivity index (χ3n) is 3.99. The largest absolute Gasteiger partial charge is 0.424 e. The molecule has 130 valence electrons. The summed E-state index contributed by atoms with van der Waals surface area (Å²) in [6.07, 6.45) is 3.55. The fourth-order valence-corrected chi connectivity index (χ4v) is 2.75. The van der Waals surface area contributed by atoms with Crippen molar-refractivity contribution in [3.63, 3.8) is 0 Å². The first-order valence-corrected chi connectivity index (χ1v) is 8.22. The van der Waals surface area contributed by atoms with Crippen LogP contribution in [0.2, 0.25) is 0 Å². The molecule has 3 rings (SSSR count). The van der Waals surface area contributed by atoms with Gasteiger partial charge in [0.05, 0.1) is 12.6 Å². The Kier molecular flexibility index (Phi) is 5.19. The summed E-state index contributed by atoms with van der Waals surface area (Å²) in [5.74, 6) is 1.12. The zero-order valence-electron chi connectivity index (χ0n) is 14.6. The molecule has 1 atom stereocenters. The summed E-state index contributed by atoms with van der Waals surface area (Å²) >= 11 is 0. The minimum Gasteiger partial charge on any atom is -0.424 e. The molecule has 6 heteroatoms. The lowest BCUT2D eigenvalue weighted by atomic mass is 9.99. The lowest BCUT2D eigenvalue weighted by molar-refractivity contribution is 0.238. The van der Waals surface area contributed by atoms with Crippen molar-refractivity contribution in [2.75, 3.05) is 7.05 Å². The molecule has 0 fully saturated rings. The van der Waals surface area contributed by atoms with Gasteiger partial charge in [0.1, 0.15) is 5.82 Å². The number of pyridine rings is 1. The van der Waals surface area contributed by atoms with Gasteiger partial charge in [-0.05, 0) is 36.4 Å². The van der Waals surface area contributed by atoms with Gasteiger partial charge in [0.15, 0.2) is 0 Å². The zero-order valence-corrected chi connectivity index (χ0v) is 14.6. The highest BCUT2D eigenvalue weighted by molar-refractivity contribution is 5.30. The monoisotopic (exact) mass is 340 g/mol. The molecule has 25 heavy (non-hydrogen) atoms. The van der Waals surface area contributed by atoms with Crippen molar-refractivity contribution in [1.29, 1.82) is 0 Å². The van der Waals surface area contributed by atoms with Crippen molar-refractivity contribution in [3.8, 4) is 0 Å². The number of halogens is 1. The van der Waals surface area contributed by atoms with Crippen LogP contribution in [0.15, 0.2) is 53.2 Å². The second kappa shape index (κ2) is 7.53. The Morgan fingerprint density at radius 1 is 1.08 bits per heavy atom. The standard InChI is InChI=1S/C19H21FN4O/c1-13(2)19-23-22-17(25-19)12-24(3)18(15-5-4-10-21-11-15)14-6-8-16(20)9-7-14/h4-11,13,18H,12H2,1-3H3/t18-/m0/s1. The molecule has 0 N–H and O–H groups in total. The van der Waals surface area contributed by atoms with Crippen molar-refractivity contribution in [2.45, 2.75) is 32.4 Å². The van der Waals surface area contributed by atoms with Crippen LogP contribution in [-0.4, -0.2) is 27.1 Å². The second-order valence-electron chi connectivity index (χ2n) is 6.34. The van der Waals surface area contributed by atoms with Crippen LogP contribution in [0.3, 0.4) is 0 Å². The predicted molar refractivity (Wildman–Crippen MR) is 92.3 cm³/mol. The van der Waals surface area contributed by atoms with Gasteiger partial charge in [-0.2, -0.15) is 0 Å². The van der Waals surface area contributed by atoms with E-state index in [1.807, 2.05) is 39.2 Å². The molecule has 0 bridgehead atoms. The Balaban J connectivity index is 1.89. The molecule has 0 unspecified atom stereocenters. The molecule has 0 aliphatic carbocycles. The average Bonchev–Trinajstić information content (AvgIpc) is 3.07. The van der Waals surface area contributed by atoms with Crippen LogP contribution >= 0.6 is 0 Å². The Morgan fingerprint density at radius 3 is 2.44 bits per heavy atom. The molecular weight excluding hydrogens is 319 g/mol. The first kappa shape index (κ1) is 17.2. The molecule has 0 amide bonds. The van der Waals surface area contributed by atoms with Gasteiger partial charge in [0, 0.05) is 18.3 Å². The van der Waals surface area contributed by atoms with Crippen LogP contribution in [0, 0.1) is 5.82 Å². The Bertz CT molecular complexity index is 802. The maximum absolute atomic E-state index is 13.3. The quantitative estimate of drug-likeness (QED) is 0.680. The summed E-state index contributed by atoms with van der Waals surface area (Å²) in [6, 6.07) is 10.3. The van der Waals surface area contributed by atoms with Gasteiger partial charge in [0.25, 0.3) is 0 Å². The van der Waals surface area contributed by atoms with Crippen LogP contribution in [0.5, 0.6) is 0 Å². The van der Waals surface area contributed by atoms with Gasteiger partial charge >= 0.3 is 0 Å². The van der Waals surface area contributed by atoms with Crippen LogP contribution in [0.4, 0.5) is 4.39 Å². The van der Waals surface area contributed by atoms with Crippen LogP contribution < -0.4 is 0 Å². The first-order valence-electron chi connectivity index (χ1n) is 8.22. The molecule has 5 nitrogen and oxygen atoms in total. The van der Waals surface area contributed by atoms with Gasteiger partial charge in [0.2, 0.25) is 11.8 Å². The summed E-state index contributed by atoms with van der Waals surface area (Å²) in [5, 5.41) is 8.21. The first-order chi connectivity index (χ1) is 12.0. The minimum atomic E-state index is -0.255. The van der Waals surface area contributed by atoms with E-state index in [1.54, 1.807) is 18.3 Å². The summed E-state index contributed by atoms with van der Waals surface area (Å²) in [7, 11) is 1.97. The third-order valence-corrected chi connectivity index (χ3v) is 3.99. The van der Waals surface area contributed by atoms with Crippen molar-refractivity contribution < 1.29 is 8.81 Å². The smallest absolute Gasteiger partial charge is 0.230 e. The number of nitrogens with zero attached hydrogens (tertiary/aromatic N) is 4. The fraction of sp³-hybridized carbons (Fsp3) is 0.316. The predicted octanol–water partition coefficient (Wildman–Crippen LogP) is 3.95. The van der Waals surface area contributed by atoms with E-state index in [-0.39, 0.29) is 17.8 Å². The van der Waals surface area contributed by atoms with E-state index in [1.165, 1.54) is 12.1 Å². The summed E-state index contributed by atoms with van der Waals surface area (Å²) < 4.78 is 19.0. The molecule has 2 heterocycles. The molecule has 0 aliphatic heterocycles. The molecule has 0 radical (unpaired) electrons. The topological polar surface area (TPSA) is 55.1 Å². The van der Waals surface area contributed by atoms with Crippen LogP contribution in [0.25, 0.3) is 0 Å². The maximum atomic E-state index is 13.3. The van der Waals surface area contributed by atoms with Crippen molar-refractivity contribution in [3.05, 3.63) is 77.5 Å². The normalized spacial score (nSPS) is 12.7. The van der Waals surface area contributed by atoms with E-state index in [0.717, 1.165) is 11.1 Å². The number of hydrogen-bond acceptors (Lipinski definition) is 5. The SMILES string of the molecule is CC(C)c1nnc(CN(C)[C@@H](c2ccc(F)cc2)c2cccnc2)o1. The molecule has 0 aliphatic rings. The van der Waals surface area contributed by atoms with Gasteiger partial charge in [-0.1, -0.05) is 32.0 Å². The molecule has 0 spiro atoms. The highest BCUT2D eigenvalue weighted by Crippen LogP contribution is 2.28. The summed E-state index contributed by atoms with van der Waals surface area (Å²) in [5.41, 5.74) is 1.99. The Labute approximate surface area is 146 Å². The number of benzene rings is 1. The number of aromatic nitrogens is 3. The van der Waals surface area contributed by atoms with E-state index in [2.05, 4.69) is 20.1 Å². The van der Waals surface area contributed by atoms with Gasteiger partial charge in [-0.25, -0.2) is 4.39 Å². The van der Waals surface area contributed by atoms with Gasteiger partial charge < -0.3 is 4.42 Å². The lowest BCUT2D eigenvalue weighted by Gasteiger charge is -2.27. The van der Waals surface area contributed by atoms with E-state index >= 15 is 0 Å². The average molecular weight is 340 g/mol.